The van der Waals surface area contributed by atoms with Gasteiger partial charge in [0.2, 0.25) is 0 Å². The fourth-order valence-corrected chi connectivity index (χ4v) is 2.55. The lowest BCUT2D eigenvalue weighted by molar-refractivity contribution is 0.104. The number of hydrogen-bond acceptors (Lipinski definition) is 3. The van der Waals surface area contributed by atoms with Crippen molar-refractivity contribution in [1.29, 1.82) is 0 Å². The fourth-order valence-electron chi connectivity index (χ4n) is 1.92. The summed E-state index contributed by atoms with van der Waals surface area (Å²) in [4.78, 5) is 35.8. The second kappa shape index (κ2) is 6.74. The van der Waals surface area contributed by atoms with Gasteiger partial charge in [-0.2, -0.15) is 0 Å². The Morgan fingerprint density at radius 2 is 1.74 bits per heavy atom. The molecule has 0 saturated carbocycles. The molecule has 1 heterocycles. The van der Waals surface area contributed by atoms with Gasteiger partial charge in [-0.1, -0.05) is 34.8 Å². The Kier molecular flexibility index (Phi) is 5.14. The molecule has 120 valence electrons. The summed E-state index contributed by atoms with van der Waals surface area (Å²) in [6, 6.07) is 2.91. The first-order valence-electron chi connectivity index (χ1n) is 6.36. The van der Waals surface area contributed by atoms with Gasteiger partial charge in [0.1, 0.15) is 0 Å². The molecule has 0 atom stereocenters. The number of benzene rings is 1. The maximum Gasteiger partial charge on any atom is 0.330 e. The molecular formula is C15H11Cl3N2O3. The van der Waals surface area contributed by atoms with Crippen molar-refractivity contribution in [1.82, 2.24) is 9.13 Å². The molecule has 1 aromatic carbocycles. The summed E-state index contributed by atoms with van der Waals surface area (Å²) in [6.07, 6.45) is 3.86. The van der Waals surface area contributed by atoms with Crippen LogP contribution in [0.4, 0.5) is 0 Å². The van der Waals surface area contributed by atoms with Gasteiger partial charge in [-0.05, 0) is 24.3 Å². The minimum Gasteiger partial charge on any atom is -0.303 e. The van der Waals surface area contributed by atoms with E-state index in [0.29, 0.717) is 0 Å². The number of halogens is 3. The summed E-state index contributed by atoms with van der Waals surface area (Å²) in [7, 11) is 2.87. The van der Waals surface area contributed by atoms with Gasteiger partial charge in [0.25, 0.3) is 5.56 Å². The van der Waals surface area contributed by atoms with Crippen molar-refractivity contribution in [2.75, 3.05) is 0 Å². The zero-order valence-electron chi connectivity index (χ0n) is 12.1. The van der Waals surface area contributed by atoms with Crippen molar-refractivity contribution in [2.45, 2.75) is 0 Å². The van der Waals surface area contributed by atoms with E-state index < -0.39 is 17.0 Å². The van der Waals surface area contributed by atoms with Crippen LogP contribution in [0.15, 0.2) is 34.0 Å². The van der Waals surface area contributed by atoms with Gasteiger partial charge >= 0.3 is 5.69 Å². The molecule has 0 aliphatic carbocycles. The molecule has 2 rings (SSSR count). The Bertz CT molecular complexity index is 942. The smallest absolute Gasteiger partial charge is 0.303 e. The van der Waals surface area contributed by atoms with E-state index in [1.165, 1.54) is 49.1 Å². The summed E-state index contributed by atoms with van der Waals surface area (Å²) < 4.78 is 2.20. The monoisotopic (exact) mass is 372 g/mol. The normalized spacial score (nSPS) is 11.2. The molecule has 0 saturated heterocycles. The van der Waals surface area contributed by atoms with Crippen molar-refractivity contribution in [2.24, 2.45) is 14.1 Å². The van der Waals surface area contributed by atoms with E-state index in [1.807, 2.05) is 0 Å². The van der Waals surface area contributed by atoms with Crippen molar-refractivity contribution >= 4 is 46.7 Å². The number of nitrogens with zero attached hydrogens (tertiary/aromatic N) is 2. The van der Waals surface area contributed by atoms with Crippen molar-refractivity contribution in [3.63, 3.8) is 0 Å². The van der Waals surface area contributed by atoms with Crippen LogP contribution in [0.25, 0.3) is 6.08 Å². The molecule has 0 radical (unpaired) electrons. The lowest BCUT2D eigenvalue weighted by Crippen LogP contribution is -2.37. The first-order valence-corrected chi connectivity index (χ1v) is 7.50. The Balaban J connectivity index is 2.42. The van der Waals surface area contributed by atoms with Crippen molar-refractivity contribution < 1.29 is 4.79 Å². The number of carbonyl (C=O) groups excluding carboxylic acids is 1. The summed E-state index contributed by atoms with van der Waals surface area (Å²) in [5.41, 5.74) is -0.596. The first-order chi connectivity index (χ1) is 10.7. The number of carbonyl (C=O) groups is 1. The van der Waals surface area contributed by atoms with Gasteiger partial charge in [0.05, 0.1) is 20.6 Å². The number of aromatic nitrogens is 2. The van der Waals surface area contributed by atoms with Gasteiger partial charge in [-0.15, -0.1) is 0 Å². The quantitative estimate of drug-likeness (QED) is 0.472. The van der Waals surface area contributed by atoms with E-state index in [0.717, 1.165) is 4.57 Å². The van der Waals surface area contributed by atoms with Crippen LogP contribution in [0.5, 0.6) is 0 Å². The van der Waals surface area contributed by atoms with Gasteiger partial charge in [-0.25, -0.2) is 4.79 Å². The van der Waals surface area contributed by atoms with Crippen molar-refractivity contribution in [3.05, 3.63) is 71.4 Å². The zero-order chi connectivity index (χ0) is 17.3. The van der Waals surface area contributed by atoms with Crippen LogP contribution in [-0.4, -0.2) is 14.9 Å². The summed E-state index contributed by atoms with van der Waals surface area (Å²) >= 11 is 17.7. The van der Waals surface area contributed by atoms with E-state index in [2.05, 4.69) is 0 Å². The predicted octanol–water partition coefficient (Wildman–Crippen LogP) is 2.94. The highest BCUT2D eigenvalue weighted by atomic mass is 35.5. The van der Waals surface area contributed by atoms with Crippen LogP contribution in [-0.2, 0) is 14.1 Å². The van der Waals surface area contributed by atoms with E-state index in [4.69, 9.17) is 34.8 Å². The predicted molar refractivity (Wildman–Crippen MR) is 91.8 cm³/mol. The number of ketones is 1. The molecule has 23 heavy (non-hydrogen) atoms. The average molecular weight is 374 g/mol. The van der Waals surface area contributed by atoms with Crippen LogP contribution >= 0.6 is 34.8 Å². The van der Waals surface area contributed by atoms with E-state index in [9.17, 15) is 14.4 Å². The zero-order valence-corrected chi connectivity index (χ0v) is 14.4. The second-order valence-electron chi connectivity index (χ2n) is 4.76. The van der Waals surface area contributed by atoms with Crippen molar-refractivity contribution in [3.8, 4) is 0 Å². The second-order valence-corrected chi connectivity index (χ2v) is 5.93. The van der Waals surface area contributed by atoms with Crippen LogP contribution in [0, 0.1) is 0 Å². The van der Waals surface area contributed by atoms with Gasteiger partial charge in [0, 0.05) is 25.9 Å². The molecule has 2 aromatic rings. The van der Waals surface area contributed by atoms with E-state index in [-0.39, 0.29) is 26.2 Å². The summed E-state index contributed by atoms with van der Waals surface area (Å²) in [6.45, 7) is 0. The molecule has 0 N–H and O–H groups in total. The Hall–Kier alpha value is -1.82. The van der Waals surface area contributed by atoms with Gasteiger partial charge in [0.15, 0.2) is 5.78 Å². The molecule has 0 unspecified atom stereocenters. The molecule has 5 nitrogen and oxygen atoms in total. The first kappa shape index (κ1) is 17.5. The maximum atomic E-state index is 12.2. The van der Waals surface area contributed by atoms with E-state index >= 15 is 0 Å². The lowest BCUT2D eigenvalue weighted by Gasteiger charge is -2.05. The Morgan fingerprint density at radius 1 is 1.09 bits per heavy atom. The Morgan fingerprint density at radius 3 is 2.39 bits per heavy atom. The average Bonchev–Trinajstić information content (AvgIpc) is 2.52. The standard InChI is InChI=1S/C15H11Cl3N2O3/c1-19-7-8(14(22)20(2)15(19)23)3-6-11(21)9-4-5-10(16)13(18)12(9)17/h3-7H,1-2H3/b6-3-. The highest BCUT2D eigenvalue weighted by molar-refractivity contribution is 6.49. The molecule has 0 bridgehead atoms. The fraction of sp³-hybridized carbons (Fsp3) is 0.133. The van der Waals surface area contributed by atoms with Gasteiger partial charge in [-0.3, -0.25) is 14.2 Å². The van der Waals surface area contributed by atoms with E-state index in [1.54, 1.807) is 0 Å². The largest absolute Gasteiger partial charge is 0.330 e. The third-order valence-electron chi connectivity index (χ3n) is 3.19. The number of hydrogen-bond donors (Lipinski definition) is 0. The van der Waals surface area contributed by atoms with Crippen LogP contribution < -0.4 is 11.2 Å². The molecular weight excluding hydrogens is 363 g/mol. The Labute approximate surface area is 146 Å². The highest BCUT2D eigenvalue weighted by Crippen LogP contribution is 2.32. The minimum atomic E-state index is -0.502. The maximum absolute atomic E-state index is 12.2. The third kappa shape index (κ3) is 3.42. The minimum absolute atomic E-state index is 0.0437. The van der Waals surface area contributed by atoms with Crippen LogP contribution in [0.3, 0.4) is 0 Å². The number of aryl methyl sites for hydroxylation is 1. The van der Waals surface area contributed by atoms with Crippen LogP contribution in [0.2, 0.25) is 15.1 Å². The number of rotatable bonds is 3. The topological polar surface area (TPSA) is 61.1 Å². The summed E-state index contributed by atoms with van der Waals surface area (Å²) in [5.74, 6) is -0.440. The van der Waals surface area contributed by atoms with Gasteiger partial charge < -0.3 is 4.57 Å². The van der Waals surface area contributed by atoms with Crippen LogP contribution in [0.1, 0.15) is 15.9 Å². The molecule has 8 heteroatoms. The lowest BCUT2D eigenvalue weighted by atomic mass is 10.1. The molecule has 0 aliphatic rings. The summed E-state index contributed by atoms with van der Waals surface area (Å²) in [5, 5.41) is 0.372. The SMILES string of the molecule is Cn1cc(/C=C\C(=O)c2ccc(Cl)c(Cl)c2Cl)c(=O)n(C)c1=O. The molecule has 1 aromatic heterocycles. The molecule has 0 aliphatic heterocycles. The number of allylic oxidation sites excluding steroid dienone is 1. The molecule has 0 fully saturated rings. The molecule has 0 amide bonds. The highest BCUT2D eigenvalue weighted by Gasteiger charge is 2.13. The molecule has 0 spiro atoms. The third-order valence-corrected chi connectivity index (χ3v) is 4.48.